The van der Waals surface area contributed by atoms with Crippen LogP contribution >= 0.6 is 0 Å². The molecular weight excluding hydrogens is 150 g/mol. The number of rotatable bonds is 3. The number of fused-ring (bicyclic) bond motifs is 2. The van der Waals surface area contributed by atoms with E-state index in [4.69, 9.17) is 4.74 Å². The van der Waals surface area contributed by atoms with Gasteiger partial charge in [0.2, 0.25) is 0 Å². The van der Waals surface area contributed by atoms with Crippen molar-refractivity contribution in [1.29, 1.82) is 0 Å². The van der Waals surface area contributed by atoms with Crippen LogP contribution in [0.15, 0.2) is 12.7 Å². The predicted octanol–water partition coefficient (Wildman–Crippen LogP) is 1.47. The lowest BCUT2D eigenvalue weighted by atomic mass is 10.0. The molecule has 0 aromatic rings. The van der Waals surface area contributed by atoms with Gasteiger partial charge in [0.1, 0.15) is 0 Å². The number of hydrogen-bond donors (Lipinski definition) is 1. The van der Waals surface area contributed by atoms with Crippen LogP contribution in [0.5, 0.6) is 0 Å². The Balaban J connectivity index is 1.81. The summed E-state index contributed by atoms with van der Waals surface area (Å²) in [6, 6.07) is 1.47. The zero-order valence-electron chi connectivity index (χ0n) is 7.46. The van der Waals surface area contributed by atoms with Crippen molar-refractivity contribution < 1.29 is 4.74 Å². The molecule has 0 aliphatic carbocycles. The molecule has 0 spiro atoms. The Labute approximate surface area is 74.0 Å². The molecule has 1 N–H and O–H groups in total. The summed E-state index contributed by atoms with van der Waals surface area (Å²) in [7, 11) is 0. The van der Waals surface area contributed by atoms with E-state index in [1.165, 1.54) is 25.7 Å². The fourth-order valence-electron chi connectivity index (χ4n) is 2.35. The largest absolute Gasteiger partial charge is 0.374 e. The molecule has 2 aliphatic rings. The van der Waals surface area contributed by atoms with Gasteiger partial charge in [-0.15, -0.1) is 6.58 Å². The summed E-state index contributed by atoms with van der Waals surface area (Å²) in [6.45, 7) is 4.37. The van der Waals surface area contributed by atoms with Gasteiger partial charge in [-0.1, -0.05) is 6.08 Å². The number of hydrogen-bond acceptors (Lipinski definition) is 2. The molecule has 0 saturated carbocycles. The van der Waals surface area contributed by atoms with Gasteiger partial charge in [0.15, 0.2) is 0 Å². The zero-order chi connectivity index (χ0) is 8.39. The molecule has 68 valence electrons. The van der Waals surface area contributed by atoms with E-state index >= 15 is 0 Å². The van der Waals surface area contributed by atoms with Crippen molar-refractivity contribution in [1.82, 2.24) is 5.32 Å². The fraction of sp³-hybridized carbons (Fsp3) is 0.800. The Morgan fingerprint density at radius 2 is 2.00 bits per heavy atom. The molecular formula is C10H17NO. The highest BCUT2D eigenvalue weighted by molar-refractivity contribution is 4.92. The van der Waals surface area contributed by atoms with E-state index in [-0.39, 0.29) is 0 Å². The van der Waals surface area contributed by atoms with Gasteiger partial charge in [-0.2, -0.15) is 0 Å². The first-order chi connectivity index (χ1) is 5.88. The topological polar surface area (TPSA) is 21.3 Å². The second-order valence-electron chi connectivity index (χ2n) is 3.85. The van der Waals surface area contributed by atoms with Crippen LogP contribution < -0.4 is 5.32 Å². The van der Waals surface area contributed by atoms with Crippen molar-refractivity contribution in [2.45, 2.75) is 43.9 Å². The molecule has 0 aromatic heterocycles. The standard InChI is InChI=1S/C10H17NO/c1-2-5-12-10-6-8-3-4-9(7-10)11-8/h2,8-11H,1,3-7H2/t8-,9+,10?. The highest BCUT2D eigenvalue weighted by Crippen LogP contribution is 2.28. The average Bonchev–Trinajstić information content (AvgIpc) is 2.42. The predicted molar refractivity (Wildman–Crippen MR) is 49.1 cm³/mol. The molecule has 2 fully saturated rings. The van der Waals surface area contributed by atoms with E-state index in [1.807, 2.05) is 6.08 Å². The van der Waals surface area contributed by atoms with Crippen LogP contribution in [0.25, 0.3) is 0 Å². The Morgan fingerprint density at radius 3 is 2.58 bits per heavy atom. The first kappa shape index (κ1) is 8.27. The molecule has 0 amide bonds. The maximum atomic E-state index is 5.65. The van der Waals surface area contributed by atoms with Gasteiger partial charge < -0.3 is 10.1 Å². The van der Waals surface area contributed by atoms with E-state index in [0.717, 1.165) is 12.1 Å². The molecule has 2 nitrogen and oxygen atoms in total. The van der Waals surface area contributed by atoms with Crippen LogP contribution in [0, 0.1) is 0 Å². The summed E-state index contributed by atoms with van der Waals surface area (Å²) in [5.74, 6) is 0. The van der Waals surface area contributed by atoms with Crippen molar-refractivity contribution >= 4 is 0 Å². The van der Waals surface area contributed by atoms with Crippen LogP contribution in [0.1, 0.15) is 25.7 Å². The van der Waals surface area contributed by atoms with Gasteiger partial charge in [0, 0.05) is 12.1 Å². The fourth-order valence-corrected chi connectivity index (χ4v) is 2.35. The monoisotopic (exact) mass is 167 g/mol. The van der Waals surface area contributed by atoms with Crippen LogP contribution in [-0.2, 0) is 4.74 Å². The van der Waals surface area contributed by atoms with Crippen molar-refractivity contribution in [2.24, 2.45) is 0 Å². The molecule has 2 heteroatoms. The third-order valence-corrected chi connectivity index (χ3v) is 2.88. The van der Waals surface area contributed by atoms with Gasteiger partial charge in [-0.25, -0.2) is 0 Å². The van der Waals surface area contributed by atoms with E-state index in [2.05, 4.69) is 11.9 Å². The maximum absolute atomic E-state index is 5.65. The van der Waals surface area contributed by atoms with Gasteiger partial charge in [-0.3, -0.25) is 0 Å². The van der Waals surface area contributed by atoms with E-state index in [9.17, 15) is 0 Å². The van der Waals surface area contributed by atoms with Crippen molar-refractivity contribution in [3.63, 3.8) is 0 Å². The lowest BCUT2D eigenvalue weighted by Gasteiger charge is -2.28. The average molecular weight is 167 g/mol. The molecule has 2 rings (SSSR count). The Morgan fingerprint density at radius 1 is 1.33 bits per heavy atom. The van der Waals surface area contributed by atoms with Gasteiger partial charge in [0.05, 0.1) is 12.7 Å². The summed E-state index contributed by atoms with van der Waals surface area (Å²) < 4.78 is 5.65. The maximum Gasteiger partial charge on any atom is 0.0648 e. The van der Waals surface area contributed by atoms with Crippen LogP contribution in [0.2, 0.25) is 0 Å². The molecule has 2 heterocycles. The minimum absolute atomic E-state index is 0.488. The van der Waals surface area contributed by atoms with E-state index in [1.54, 1.807) is 0 Å². The number of piperidine rings is 1. The smallest absolute Gasteiger partial charge is 0.0648 e. The third-order valence-electron chi connectivity index (χ3n) is 2.88. The summed E-state index contributed by atoms with van der Waals surface area (Å²) in [4.78, 5) is 0. The second-order valence-corrected chi connectivity index (χ2v) is 3.85. The quantitative estimate of drug-likeness (QED) is 0.643. The van der Waals surface area contributed by atoms with Gasteiger partial charge >= 0.3 is 0 Å². The Hall–Kier alpha value is -0.340. The molecule has 0 aromatic carbocycles. The highest BCUT2D eigenvalue weighted by atomic mass is 16.5. The van der Waals surface area contributed by atoms with E-state index < -0.39 is 0 Å². The van der Waals surface area contributed by atoms with Crippen molar-refractivity contribution in [2.75, 3.05) is 6.61 Å². The number of ether oxygens (including phenoxy) is 1. The molecule has 2 saturated heterocycles. The second kappa shape index (κ2) is 3.58. The molecule has 3 atom stereocenters. The lowest BCUT2D eigenvalue weighted by Crippen LogP contribution is -2.41. The summed E-state index contributed by atoms with van der Waals surface area (Å²) in [5.41, 5.74) is 0. The first-order valence-electron chi connectivity index (χ1n) is 4.87. The van der Waals surface area contributed by atoms with Crippen molar-refractivity contribution in [3.05, 3.63) is 12.7 Å². The highest BCUT2D eigenvalue weighted by Gasteiger charge is 2.33. The molecule has 2 bridgehead atoms. The summed E-state index contributed by atoms with van der Waals surface area (Å²) in [6.07, 6.45) is 7.41. The lowest BCUT2D eigenvalue weighted by molar-refractivity contribution is 0.0374. The van der Waals surface area contributed by atoms with Crippen LogP contribution in [0.4, 0.5) is 0 Å². The molecule has 2 aliphatic heterocycles. The summed E-state index contributed by atoms with van der Waals surface area (Å²) in [5, 5.41) is 3.59. The van der Waals surface area contributed by atoms with E-state index in [0.29, 0.717) is 12.7 Å². The molecule has 12 heavy (non-hydrogen) atoms. The minimum atomic E-state index is 0.488. The normalized spacial score (nSPS) is 39.8. The summed E-state index contributed by atoms with van der Waals surface area (Å²) >= 11 is 0. The third kappa shape index (κ3) is 1.70. The van der Waals surface area contributed by atoms with Gasteiger partial charge in [-0.05, 0) is 25.7 Å². The Bertz CT molecular complexity index is 157. The van der Waals surface area contributed by atoms with Crippen LogP contribution in [0.3, 0.4) is 0 Å². The zero-order valence-corrected chi connectivity index (χ0v) is 7.46. The molecule has 1 unspecified atom stereocenters. The van der Waals surface area contributed by atoms with Crippen molar-refractivity contribution in [3.8, 4) is 0 Å². The number of nitrogens with one attached hydrogen (secondary N) is 1. The first-order valence-corrected chi connectivity index (χ1v) is 4.87. The minimum Gasteiger partial charge on any atom is -0.374 e. The SMILES string of the molecule is C=CCOC1C[C@H]2CC[C@@H](C1)N2. The van der Waals surface area contributed by atoms with Gasteiger partial charge in [0.25, 0.3) is 0 Å². The Kier molecular flexibility index (Phi) is 2.47. The molecule has 0 radical (unpaired) electrons. The van der Waals surface area contributed by atoms with Crippen LogP contribution in [-0.4, -0.2) is 24.8 Å².